The highest BCUT2D eigenvalue weighted by Gasteiger charge is 2.64. The maximum absolute atomic E-state index is 6.16. The molecule has 6 atom stereocenters. The average Bonchev–Trinajstić information content (AvgIpc) is 2.98. The number of fused-ring (bicyclic) bond motifs is 5. The van der Waals surface area contributed by atoms with Crippen LogP contribution in [-0.4, -0.2) is 35.3 Å². The zero-order valence-corrected chi connectivity index (χ0v) is 12.3. The van der Waals surface area contributed by atoms with E-state index in [-0.39, 0.29) is 0 Å². The van der Waals surface area contributed by atoms with Gasteiger partial charge >= 0.3 is 0 Å². The number of terminal acetylenes is 1. The van der Waals surface area contributed by atoms with Crippen LogP contribution in [0.3, 0.4) is 0 Å². The molecule has 3 aliphatic heterocycles. The van der Waals surface area contributed by atoms with Gasteiger partial charge in [0.2, 0.25) is 0 Å². The maximum Gasteiger partial charge on any atom is 0.186 e. The van der Waals surface area contributed by atoms with E-state index in [9.17, 15) is 0 Å². The number of halogens is 1. The van der Waals surface area contributed by atoms with E-state index in [0.717, 1.165) is 6.42 Å². The summed E-state index contributed by atoms with van der Waals surface area (Å²) in [6, 6.07) is 0. The van der Waals surface area contributed by atoms with Gasteiger partial charge in [0.1, 0.15) is 12.2 Å². The first-order valence-corrected chi connectivity index (χ1v) is 7.79. The number of allylic oxidation sites excluding steroid dienone is 1. The van der Waals surface area contributed by atoms with Crippen molar-refractivity contribution >= 4 is 15.9 Å². The first-order chi connectivity index (χ1) is 8.76. The van der Waals surface area contributed by atoms with Gasteiger partial charge in [0.05, 0.1) is 11.2 Å². The second-order valence-electron chi connectivity index (χ2n) is 5.44. The highest BCUT2D eigenvalue weighted by Crippen LogP contribution is 2.52. The summed E-state index contributed by atoms with van der Waals surface area (Å²) in [5.41, 5.74) is 0. The summed E-state index contributed by atoms with van der Waals surface area (Å²) in [5.74, 6) is 2.55. The Labute approximate surface area is 118 Å². The standard InChI is InChI=1S/C15H20BrO2/c1-3-5-6-7-11-15-9-12(17-11)14-8-10(16)13(4-2)18(14)15/h1,5-6,10-15H,4,7-9H2,2H3/q+1/b6-5+/t10-,11-,12-,13+,14+,15-/m0/s1. The van der Waals surface area contributed by atoms with Gasteiger partial charge in [0.25, 0.3) is 0 Å². The zero-order valence-electron chi connectivity index (χ0n) is 10.7. The van der Waals surface area contributed by atoms with E-state index in [1.54, 1.807) is 6.08 Å². The van der Waals surface area contributed by atoms with Crippen molar-refractivity contribution in [2.45, 2.75) is 68.0 Å². The second kappa shape index (κ2) is 5.00. The molecule has 3 rings (SSSR count). The Balaban J connectivity index is 1.72. The van der Waals surface area contributed by atoms with Crippen LogP contribution in [0.5, 0.6) is 0 Å². The van der Waals surface area contributed by atoms with Crippen LogP contribution in [0, 0.1) is 12.3 Å². The Morgan fingerprint density at radius 1 is 1.44 bits per heavy atom. The van der Waals surface area contributed by atoms with E-state index < -0.39 is 0 Å². The lowest BCUT2D eigenvalue weighted by molar-refractivity contribution is -0.284. The molecule has 0 radical (unpaired) electrons. The monoisotopic (exact) mass is 311 g/mol. The number of ether oxygens (including phenoxy) is 1. The molecule has 0 N–H and O–H groups in total. The first kappa shape index (κ1) is 12.7. The topological polar surface area (TPSA) is 11.9 Å². The van der Waals surface area contributed by atoms with Gasteiger partial charge in [-0.05, 0) is 6.08 Å². The first-order valence-electron chi connectivity index (χ1n) is 6.87. The molecule has 98 valence electrons. The van der Waals surface area contributed by atoms with Crippen LogP contribution in [0.15, 0.2) is 12.2 Å². The Morgan fingerprint density at radius 3 is 3.00 bits per heavy atom. The molecule has 0 aromatic carbocycles. The van der Waals surface area contributed by atoms with Crippen molar-refractivity contribution in [3.05, 3.63) is 12.2 Å². The van der Waals surface area contributed by atoms with Crippen molar-refractivity contribution in [1.82, 2.24) is 0 Å². The summed E-state index contributed by atoms with van der Waals surface area (Å²) in [7, 11) is 0. The summed E-state index contributed by atoms with van der Waals surface area (Å²) in [6.07, 6.45) is 16.0. The van der Waals surface area contributed by atoms with Crippen molar-refractivity contribution < 1.29 is 9.10 Å². The fourth-order valence-corrected chi connectivity index (χ4v) is 4.85. The predicted molar refractivity (Wildman–Crippen MR) is 75.9 cm³/mol. The maximum atomic E-state index is 6.16. The van der Waals surface area contributed by atoms with Gasteiger partial charge in [-0.2, -0.15) is 0 Å². The molecule has 0 saturated carbocycles. The van der Waals surface area contributed by atoms with Gasteiger partial charge in [-0.3, -0.25) is 0 Å². The van der Waals surface area contributed by atoms with Crippen molar-refractivity contribution in [2.75, 3.05) is 0 Å². The molecule has 0 aliphatic carbocycles. The molecule has 0 amide bonds. The minimum atomic E-state index is 0.313. The van der Waals surface area contributed by atoms with Crippen molar-refractivity contribution in [2.24, 2.45) is 0 Å². The number of alkyl halides is 1. The number of hydrogen-bond donors (Lipinski definition) is 0. The molecule has 0 aromatic rings. The molecule has 2 nitrogen and oxygen atoms in total. The van der Waals surface area contributed by atoms with E-state index in [2.05, 4.69) is 39.2 Å². The summed E-state index contributed by atoms with van der Waals surface area (Å²) in [6.45, 7) is 2.27. The van der Waals surface area contributed by atoms with Crippen LogP contribution >= 0.6 is 15.9 Å². The van der Waals surface area contributed by atoms with E-state index in [1.165, 1.54) is 19.3 Å². The van der Waals surface area contributed by atoms with Crippen molar-refractivity contribution in [3.8, 4) is 12.3 Å². The van der Waals surface area contributed by atoms with E-state index in [1.807, 2.05) is 0 Å². The molecule has 3 fully saturated rings. The SMILES string of the molecule is C#C/C=C/C[C@@H]1O[C@H]2C[C@@H]1[O+]1[C@@H]2C[C@H](Br)[C@H]1CC. The fourth-order valence-electron chi connectivity index (χ4n) is 3.86. The van der Waals surface area contributed by atoms with Crippen LogP contribution in [0.4, 0.5) is 0 Å². The van der Waals surface area contributed by atoms with Crippen molar-refractivity contribution in [3.63, 3.8) is 0 Å². The fraction of sp³-hybridized carbons (Fsp3) is 0.733. The van der Waals surface area contributed by atoms with Gasteiger partial charge in [-0.25, -0.2) is 0 Å². The molecule has 3 heterocycles. The van der Waals surface area contributed by atoms with Gasteiger partial charge in [-0.15, -0.1) is 6.42 Å². The molecular formula is C15H20BrO2+. The van der Waals surface area contributed by atoms with Crippen LogP contribution in [0.2, 0.25) is 0 Å². The van der Waals surface area contributed by atoms with Crippen LogP contribution in [-0.2, 0) is 9.10 Å². The van der Waals surface area contributed by atoms with E-state index in [0.29, 0.717) is 35.3 Å². The number of rotatable bonds is 3. The molecule has 0 spiro atoms. The molecule has 3 saturated heterocycles. The number of hydrogen-bond acceptors (Lipinski definition) is 1. The third-order valence-electron chi connectivity index (χ3n) is 4.54. The molecule has 2 bridgehead atoms. The molecule has 3 heteroatoms. The molecule has 0 unspecified atom stereocenters. The average molecular weight is 312 g/mol. The summed E-state index contributed by atoms with van der Waals surface area (Å²) in [4.78, 5) is 0.603. The Hall–Kier alpha value is -0.300. The Kier molecular flexibility index (Phi) is 3.53. The van der Waals surface area contributed by atoms with Gasteiger partial charge in [-0.1, -0.05) is 34.9 Å². The molecule has 0 aromatic heterocycles. The Bertz CT molecular complexity index is 384. The normalized spacial score (nSPS) is 46.7. The van der Waals surface area contributed by atoms with Gasteiger partial charge in [0, 0.05) is 19.3 Å². The van der Waals surface area contributed by atoms with Gasteiger partial charge in [0.15, 0.2) is 18.3 Å². The Morgan fingerprint density at radius 2 is 2.28 bits per heavy atom. The van der Waals surface area contributed by atoms with Crippen molar-refractivity contribution in [1.29, 1.82) is 0 Å². The smallest absolute Gasteiger partial charge is 0.186 e. The molecule has 18 heavy (non-hydrogen) atoms. The minimum Gasteiger partial charge on any atom is -0.410 e. The van der Waals surface area contributed by atoms with Crippen LogP contribution in [0.25, 0.3) is 0 Å². The lowest BCUT2D eigenvalue weighted by Crippen LogP contribution is -2.44. The third-order valence-corrected chi connectivity index (χ3v) is 5.50. The third kappa shape index (κ3) is 1.86. The lowest BCUT2D eigenvalue weighted by Gasteiger charge is -2.34. The van der Waals surface area contributed by atoms with Crippen LogP contribution in [0.1, 0.15) is 32.6 Å². The van der Waals surface area contributed by atoms with E-state index >= 15 is 0 Å². The highest BCUT2D eigenvalue weighted by atomic mass is 79.9. The zero-order chi connectivity index (χ0) is 12.7. The van der Waals surface area contributed by atoms with Gasteiger partial charge < -0.3 is 9.10 Å². The molecule has 3 aliphatic rings. The predicted octanol–water partition coefficient (Wildman–Crippen LogP) is 2.97. The van der Waals surface area contributed by atoms with Crippen LogP contribution < -0.4 is 0 Å². The molecular weight excluding hydrogens is 292 g/mol. The summed E-state index contributed by atoms with van der Waals surface area (Å²) < 4.78 is 9.82. The second-order valence-corrected chi connectivity index (χ2v) is 6.61. The lowest BCUT2D eigenvalue weighted by atomic mass is 10.1. The van der Waals surface area contributed by atoms with E-state index in [4.69, 9.17) is 11.2 Å². The minimum absolute atomic E-state index is 0.313. The quantitative estimate of drug-likeness (QED) is 0.443. The largest absolute Gasteiger partial charge is 0.410 e. The highest BCUT2D eigenvalue weighted by molar-refractivity contribution is 9.09. The summed E-state index contributed by atoms with van der Waals surface area (Å²) >= 11 is 3.83. The summed E-state index contributed by atoms with van der Waals surface area (Å²) in [5, 5.41) is 0.